The van der Waals surface area contributed by atoms with Crippen LogP contribution in [-0.4, -0.2) is 41.2 Å². The zero-order chi connectivity index (χ0) is 21.8. The van der Waals surface area contributed by atoms with Crippen LogP contribution >= 0.6 is 0 Å². The number of anilines is 1. The summed E-state index contributed by atoms with van der Waals surface area (Å²) in [5, 5.41) is 23.5. The van der Waals surface area contributed by atoms with E-state index >= 15 is 0 Å². The zero-order valence-electron chi connectivity index (χ0n) is 15.9. The van der Waals surface area contributed by atoms with Gasteiger partial charge in [-0.2, -0.15) is 18.4 Å². The van der Waals surface area contributed by atoms with Crippen molar-refractivity contribution < 1.29 is 27.9 Å². The monoisotopic (exact) mass is 410 g/mol. The number of alkyl halides is 3. The number of hydrogen-bond acceptors (Lipinski definition) is 4. The third-order valence-corrected chi connectivity index (χ3v) is 4.80. The molecule has 4 N–H and O–H groups in total. The number of fused-ring (bicyclic) bond motifs is 1. The summed E-state index contributed by atoms with van der Waals surface area (Å²) in [5.74, 6) is -2.73. The lowest BCUT2D eigenvalue weighted by Gasteiger charge is -2.32. The van der Waals surface area contributed by atoms with E-state index in [1.54, 1.807) is 6.20 Å². The van der Waals surface area contributed by atoms with E-state index in [0.29, 0.717) is 12.1 Å². The van der Waals surface area contributed by atoms with Crippen LogP contribution in [0.3, 0.4) is 0 Å². The molecule has 10 heteroatoms. The number of carboxylic acids is 1. The summed E-state index contributed by atoms with van der Waals surface area (Å²) in [5.41, 5.74) is 2.79. The second-order valence-electron chi connectivity index (χ2n) is 7.09. The van der Waals surface area contributed by atoms with Gasteiger partial charge in [0.05, 0.1) is 22.2 Å². The number of aliphatic carboxylic acids is 1. The molecule has 0 bridgehead atoms. The van der Waals surface area contributed by atoms with Crippen molar-refractivity contribution in [1.29, 1.82) is 5.26 Å². The molecular weight excluding hydrogens is 389 g/mol. The number of aryl methyl sites for hydroxylation is 1. The highest BCUT2D eigenvalue weighted by Gasteiger charge is 2.38. The average Bonchev–Trinajstić information content (AvgIpc) is 3.09. The Kier molecular flexibility index (Phi) is 6.54. The maximum Gasteiger partial charge on any atom is 0.490 e. The number of hydrogen-bond donors (Lipinski definition) is 4. The van der Waals surface area contributed by atoms with E-state index in [0.717, 1.165) is 41.5 Å². The quantitative estimate of drug-likeness (QED) is 0.606. The van der Waals surface area contributed by atoms with Gasteiger partial charge in [0.2, 0.25) is 5.91 Å². The molecule has 29 heavy (non-hydrogen) atoms. The Morgan fingerprint density at radius 3 is 2.52 bits per heavy atom. The standard InChI is InChI=1S/C17H20N4O.C2HF3O2/c1-11-4-5-13(15-14(11)12(8-18)9-20-15)21-16(22)17(2)6-3-7-19-10-17;3-2(4,5)1(6)7/h4-5,9,19-20H,3,6-7,10H2,1-2H3,(H,21,22);(H,6,7). The van der Waals surface area contributed by atoms with Gasteiger partial charge in [-0.25, -0.2) is 4.79 Å². The lowest BCUT2D eigenvalue weighted by Crippen LogP contribution is -2.46. The SMILES string of the molecule is Cc1ccc(NC(=O)C2(C)CCCNC2)c2[nH]cc(C#N)c12.O=C(O)C(F)(F)F. The second-order valence-corrected chi connectivity index (χ2v) is 7.09. The second kappa shape index (κ2) is 8.53. The number of rotatable bonds is 2. The number of carbonyl (C=O) groups excluding carboxylic acids is 1. The number of piperidine rings is 1. The highest BCUT2D eigenvalue weighted by molar-refractivity contribution is 6.05. The minimum atomic E-state index is -5.08. The van der Waals surface area contributed by atoms with Crippen LogP contribution in [0.25, 0.3) is 10.9 Å². The Bertz CT molecular complexity index is 954. The molecule has 0 aliphatic carbocycles. The summed E-state index contributed by atoms with van der Waals surface area (Å²) < 4.78 is 31.7. The molecule has 156 valence electrons. The van der Waals surface area contributed by atoms with Crippen LogP contribution in [0.5, 0.6) is 0 Å². The number of aromatic amines is 1. The first-order valence-electron chi connectivity index (χ1n) is 8.82. The molecule has 1 fully saturated rings. The van der Waals surface area contributed by atoms with Crippen molar-refractivity contribution in [2.75, 3.05) is 18.4 Å². The summed E-state index contributed by atoms with van der Waals surface area (Å²) in [6, 6.07) is 6.02. The van der Waals surface area contributed by atoms with E-state index in [1.807, 2.05) is 26.0 Å². The van der Waals surface area contributed by atoms with Gasteiger partial charge in [-0.1, -0.05) is 6.07 Å². The minimum Gasteiger partial charge on any atom is -0.475 e. The lowest BCUT2D eigenvalue weighted by atomic mass is 9.82. The Labute approximate surface area is 164 Å². The maximum absolute atomic E-state index is 12.7. The van der Waals surface area contributed by atoms with Crippen molar-refractivity contribution in [1.82, 2.24) is 10.3 Å². The molecule has 1 saturated heterocycles. The van der Waals surface area contributed by atoms with Gasteiger partial charge in [0.25, 0.3) is 0 Å². The van der Waals surface area contributed by atoms with Crippen LogP contribution < -0.4 is 10.6 Å². The van der Waals surface area contributed by atoms with E-state index in [9.17, 15) is 23.2 Å². The first kappa shape index (κ1) is 22.2. The number of carbonyl (C=O) groups is 2. The lowest BCUT2D eigenvalue weighted by molar-refractivity contribution is -0.192. The van der Waals surface area contributed by atoms with E-state index in [-0.39, 0.29) is 11.3 Å². The van der Waals surface area contributed by atoms with Crippen molar-refractivity contribution in [2.24, 2.45) is 5.41 Å². The van der Waals surface area contributed by atoms with Crippen LogP contribution in [0.1, 0.15) is 30.9 Å². The number of nitriles is 1. The summed E-state index contributed by atoms with van der Waals surface area (Å²) >= 11 is 0. The van der Waals surface area contributed by atoms with Gasteiger partial charge >= 0.3 is 12.1 Å². The number of halogens is 3. The molecule has 1 aromatic heterocycles. The average molecular weight is 410 g/mol. The summed E-state index contributed by atoms with van der Waals surface area (Å²) in [4.78, 5) is 24.7. The Morgan fingerprint density at radius 2 is 2.00 bits per heavy atom. The molecular formula is C19H21F3N4O3. The van der Waals surface area contributed by atoms with Gasteiger partial charge < -0.3 is 20.7 Å². The predicted molar refractivity (Wildman–Crippen MR) is 100 cm³/mol. The smallest absolute Gasteiger partial charge is 0.475 e. The molecule has 1 atom stereocenters. The summed E-state index contributed by atoms with van der Waals surface area (Å²) in [7, 11) is 0. The molecule has 2 aromatic rings. The fraction of sp³-hybridized carbons (Fsp3) is 0.421. The van der Waals surface area contributed by atoms with Gasteiger partial charge in [0.15, 0.2) is 0 Å². The number of aromatic nitrogens is 1. The zero-order valence-corrected chi connectivity index (χ0v) is 15.9. The fourth-order valence-corrected chi connectivity index (χ4v) is 3.14. The van der Waals surface area contributed by atoms with Crippen LogP contribution in [0.4, 0.5) is 18.9 Å². The number of nitrogens with zero attached hydrogens (tertiary/aromatic N) is 1. The number of H-pyrrole nitrogens is 1. The summed E-state index contributed by atoms with van der Waals surface area (Å²) in [6.45, 7) is 5.63. The third-order valence-electron chi connectivity index (χ3n) is 4.80. The van der Waals surface area contributed by atoms with E-state index in [1.165, 1.54) is 0 Å². The minimum absolute atomic E-state index is 0.0259. The van der Waals surface area contributed by atoms with Crippen molar-refractivity contribution in [3.8, 4) is 6.07 Å². The van der Waals surface area contributed by atoms with Gasteiger partial charge in [0, 0.05) is 18.1 Å². The van der Waals surface area contributed by atoms with E-state index in [2.05, 4.69) is 21.7 Å². The van der Waals surface area contributed by atoms with Crippen molar-refractivity contribution in [3.63, 3.8) is 0 Å². The van der Waals surface area contributed by atoms with Crippen molar-refractivity contribution in [2.45, 2.75) is 32.9 Å². The van der Waals surface area contributed by atoms with Gasteiger partial charge in [-0.3, -0.25) is 4.79 Å². The van der Waals surface area contributed by atoms with Crippen LogP contribution in [0, 0.1) is 23.7 Å². The molecule has 1 aromatic carbocycles. The molecule has 3 rings (SSSR count). The molecule has 0 radical (unpaired) electrons. The number of carboxylic acid groups (broad SMARTS) is 1. The number of amides is 1. The molecule has 2 heterocycles. The maximum atomic E-state index is 12.7. The topological polar surface area (TPSA) is 118 Å². The highest BCUT2D eigenvalue weighted by atomic mass is 19.4. The van der Waals surface area contributed by atoms with Crippen LogP contribution in [0.15, 0.2) is 18.3 Å². The van der Waals surface area contributed by atoms with E-state index < -0.39 is 12.1 Å². The highest BCUT2D eigenvalue weighted by Crippen LogP contribution is 2.31. The van der Waals surface area contributed by atoms with Crippen LogP contribution in [-0.2, 0) is 9.59 Å². The third kappa shape index (κ3) is 5.06. The normalized spacial score (nSPS) is 19.0. The predicted octanol–water partition coefficient (Wildman–Crippen LogP) is 3.31. The van der Waals surface area contributed by atoms with Crippen molar-refractivity contribution >= 4 is 28.5 Å². The van der Waals surface area contributed by atoms with Gasteiger partial charge in [-0.15, -0.1) is 0 Å². The molecule has 1 aliphatic rings. The Balaban J connectivity index is 0.000000370. The van der Waals surface area contributed by atoms with Crippen LogP contribution in [0.2, 0.25) is 0 Å². The molecule has 1 amide bonds. The van der Waals surface area contributed by atoms with Gasteiger partial charge in [0.1, 0.15) is 6.07 Å². The Hall–Kier alpha value is -3.06. The number of nitrogens with one attached hydrogen (secondary N) is 3. The molecule has 1 aliphatic heterocycles. The summed E-state index contributed by atoms with van der Waals surface area (Å²) in [6.07, 6.45) is -1.50. The largest absolute Gasteiger partial charge is 0.490 e. The Morgan fingerprint density at radius 1 is 1.34 bits per heavy atom. The molecule has 7 nitrogen and oxygen atoms in total. The van der Waals surface area contributed by atoms with Crippen molar-refractivity contribution in [3.05, 3.63) is 29.5 Å². The first-order valence-corrected chi connectivity index (χ1v) is 8.82. The number of benzene rings is 1. The fourth-order valence-electron chi connectivity index (χ4n) is 3.14. The molecule has 0 saturated carbocycles. The van der Waals surface area contributed by atoms with E-state index in [4.69, 9.17) is 9.90 Å². The molecule has 1 unspecified atom stereocenters. The molecule has 0 spiro atoms. The first-order chi connectivity index (χ1) is 13.5. The van der Waals surface area contributed by atoms with Gasteiger partial charge in [-0.05, 0) is 44.9 Å².